The van der Waals surface area contributed by atoms with Crippen LogP contribution in [0.15, 0.2) is 24.4 Å². The van der Waals surface area contributed by atoms with E-state index in [9.17, 15) is 13.9 Å². The highest BCUT2D eigenvalue weighted by Gasteiger charge is 2.51. The molecule has 1 aromatic carbocycles. The second-order valence-electron chi connectivity index (χ2n) is 8.39. The van der Waals surface area contributed by atoms with Crippen LogP contribution in [0.25, 0.3) is 0 Å². The fraction of sp³-hybridized carbons (Fsp3) is 0.565. The summed E-state index contributed by atoms with van der Waals surface area (Å²) in [6.45, 7) is 6.41. The van der Waals surface area contributed by atoms with Crippen LogP contribution >= 0.6 is 0 Å². The summed E-state index contributed by atoms with van der Waals surface area (Å²) in [7, 11) is 0. The van der Waals surface area contributed by atoms with E-state index in [4.69, 9.17) is 9.47 Å². The lowest BCUT2D eigenvalue weighted by molar-refractivity contribution is -0.0672. The molecule has 0 unspecified atom stereocenters. The third-order valence-electron chi connectivity index (χ3n) is 6.34. The normalized spacial score (nSPS) is 26.0. The van der Waals surface area contributed by atoms with Crippen molar-refractivity contribution in [2.75, 3.05) is 26.3 Å². The van der Waals surface area contributed by atoms with Crippen molar-refractivity contribution in [2.24, 2.45) is 11.8 Å². The zero-order chi connectivity index (χ0) is 22.0. The second kappa shape index (κ2) is 9.04. The average molecular weight is 433 g/mol. The van der Waals surface area contributed by atoms with Gasteiger partial charge in [-0.3, -0.25) is 4.90 Å². The maximum absolute atomic E-state index is 13.6. The monoisotopic (exact) mass is 433 g/mol. The number of nitrogens with zero attached hydrogens (tertiary/aromatic N) is 3. The van der Waals surface area contributed by atoms with Gasteiger partial charge in [-0.05, 0) is 56.7 Å². The van der Waals surface area contributed by atoms with Crippen molar-refractivity contribution in [2.45, 2.75) is 45.3 Å². The molecular formula is C23H29F2N3O3. The molecule has 0 radical (unpaired) electrons. The Hall–Kier alpha value is -2.32. The summed E-state index contributed by atoms with van der Waals surface area (Å²) in [6, 6.07) is 3.84. The van der Waals surface area contributed by atoms with Gasteiger partial charge in [0.05, 0.1) is 18.8 Å². The first-order valence-electron chi connectivity index (χ1n) is 11.0. The maximum atomic E-state index is 13.6. The van der Waals surface area contributed by atoms with Gasteiger partial charge < -0.3 is 14.6 Å². The fourth-order valence-corrected chi connectivity index (χ4v) is 5.13. The molecule has 1 aliphatic heterocycles. The third-order valence-corrected chi connectivity index (χ3v) is 6.34. The van der Waals surface area contributed by atoms with Gasteiger partial charge in [-0.1, -0.05) is 0 Å². The summed E-state index contributed by atoms with van der Waals surface area (Å²) in [5, 5.41) is 11.9. The van der Waals surface area contributed by atoms with E-state index in [1.807, 2.05) is 13.8 Å². The number of hydrogen-bond donors (Lipinski definition) is 1. The van der Waals surface area contributed by atoms with Gasteiger partial charge in [0.1, 0.15) is 17.2 Å². The summed E-state index contributed by atoms with van der Waals surface area (Å²) in [6.07, 6.45) is 4.09. The van der Waals surface area contributed by atoms with Gasteiger partial charge in [0.2, 0.25) is 5.88 Å². The van der Waals surface area contributed by atoms with Crippen LogP contribution < -0.4 is 9.47 Å². The van der Waals surface area contributed by atoms with Crippen LogP contribution in [0.3, 0.4) is 0 Å². The standard InChI is InChI=1S/C23H29F2N3O3/c1-3-30-21-19(11-26-22(27-21)31-4-2)23(29)7-5-6-16-13-28(14-20(16)23)12-15-8-17(24)10-18(25)9-15/h8-11,16,20,29H,3-7,12-14H2,1-2H3/t16-,20-,23-/m0/s1. The van der Waals surface area contributed by atoms with Gasteiger partial charge in [0, 0.05) is 37.8 Å². The Labute approximate surface area is 181 Å². The summed E-state index contributed by atoms with van der Waals surface area (Å²) >= 11 is 0. The minimum atomic E-state index is -1.12. The van der Waals surface area contributed by atoms with Gasteiger partial charge >= 0.3 is 6.01 Å². The molecule has 168 valence electrons. The molecule has 4 rings (SSSR count). The van der Waals surface area contributed by atoms with Crippen LogP contribution in [0.5, 0.6) is 11.9 Å². The topological polar surface area (TPSA) is 67.7 Å². The Morgan fingerprint density at radius 2 is 1.87 bits per heavy atom. The van der Waals surface area contributed by atoms with Crippen molar-refractivity contribution < 1.29 is 23.4 Å². The molecular weight excluding hydrogens is 404 g/mol. The molecule has 1 N–H and O–H groups in total. The van der Waals surface area contributed by atoms with Crippen LogP contribution in [-0.2, 0) is 12.1 Å². The molecule has 31 heavy (non-hydrogen) atoms. The molecule has 6 nitrogen and oxygen atoms in total. The molecule has 1 aliphatic carbocycles. The number of aromatic nitrogens is 2. The zero-order valence-corrected chi connectivity index (χ0v) is 18.0. The fourth-order valence-electron chi connectivity index (χ4n) is 5.13. The van der Waals surface area contributed by atoms with Crippen molar-refractivity contribution in [1.82, 2.24) is 14.9 Å². The highest BCUT2D eigenvalue weighted by atomic mass is 19.1. The molecule has 2 aliphatic rings. The van der Waals surface area contributed by atoms with E-state index < -0.39 is 17.2 Å². The number of likely N-dealkylation sites (tertiary alicyclic amines) is 1. The summed E-state index contributed by atoms with van der Waals surface area (Å²) in [5.41, 5.74) is 0.0605. The number of aliphatic hydroxyl groups is 1. The lowest BCUT2D eigenvalue weighted by Gasteiger charge is -2.41. The lowest BCUT2D eigenvalue weighted by Crippen LogP contribution is -2.43. The van der Waals surface area contributed by atoms with Gasteiger partial charge in [0.25, 0.3) is 0 Å². The van der Waals surface area contributed by atoms with Crippen LogP contribution in [0.4, 0.5) is 8.78 Å². The first-order chi connectivity index (χ1) is 14.9. The van der Waals surface area contributed by atoms with E-state index in [1.165, 1.54) is 12.1 Å². The molecule has 2 heterocycles. The summed E-state index contributed by atoms with van der Waals surface area (Å²) in [5.74, 6) is -0.555. The Kier molecular flexibility index (Phi) is 6.39. The molecule has 1 aromatic heterocycles. The molecule has 0 spiro atoms. The second-order valence-corrected chi connectivity index (χ2v) is 8.39. The number of hydrogen-bond acceptors (Lipinski definition) is 6. The molecule has 2 fully saturated rings. The first kappa shape index (κ1) is 21.9. The predicted octanol–water partition coefficient (Wildman–Crippen LogP) is 3.67. The zero-order valence-electron chi connectivity index (χ0n) is 18.0. The van der Waals surface area contributed by atoms with Gasteiger partial charge in [0.15, 0.2) is 0 Å². The van der Waals surface area contributed by atoms with Crippen molar-refractivity contribution in [3.63, 3.8) is 0 Å². The van der Waals surface area contributed by atoms with Crippen LogP contribution in [0, 0.1) is 23.5 Å². The minimum Gasteiger partial charge on any atom is -0.478 e. The maximum Gasteiger partial charge on any atom is 0.319 e. The smallest absolute Gasteiger partial charge is 0.319 e. The van der Waals surface area contributed by atoms with Crippen LogP contribution in [-0.4, -0.2) is 46.3 Å². The SMILES string of the molecule is CCOc1ncc([C@@]2(O)CCC[C@H]3CN(Cc4cc(F)cc(F)c4)C[C@@H]32)c(OCC)n1. The van der Waals surface area contributed by atoms with Gasteiger partial charge in [-0.2, -0.15) is 4.98 Å². The van der Waals surface area contributed by atoms with Crippen LogP contribution in [0.2, 0.25) is 0 Å². The largest absolute Gasteiger partial charge is 0.478 e. The molecule has 8 heteroatoms. The van der Waals surface area contributed by atoms with Gasteiger partial charge in [-0.25, -0.2) is 13.8 Å². The molecule has 0 amide bonds. The number of halogens is 2. The van der Waals surface area contributed by atoms with Crippen molar-refractivity contribution in [3.05, 3.63) is 47.2 Å². The summed E-state index contributed by atoms with van der Waals surface area (Å²) in [4.78, 5) is 10.8. The Balaban J connectivity index is 1.59. The van der Waals surface area contributed by atoms with E-state index in [-0.39, 0.29) is 17.8 Å². The number of benzene rings is 1. The molecule has 1 saturated heterocycles. The Morgan fingerprint density at radius 1 is 1.13 bits per heavy atom. The average Bonchev–Trinajstić information content (AvgIpc) is 3.12. The Morgan fingerprint density at radius 3 is 2.58 bits per heavy atom. The molecule has 0 bridgehead atoms. The first-order valence-corrected chi connectivity index (χ1v) is 11.0. The quantitative estimate of drug-likeness (QED) is 0.719. The third kappa shape index (κ3) is 4.50. The van der Waals surface area contributed by atoms with E-state index >= 15 is 0 Å². The minimum absolute atomic E-state index is 0.0413. The number of rotatable bonds is 7. The highest BCUT2D eigenvalue weighted by Crippen LogP contribution is 2.50. The number of fused-ring (bicyclic) bond motifs is 1. The van der Waals surface area contributed by atoms with E-state index in [2.05, 4.69) is 14.9 Å². The van der Waals surface area contributed by atoms with E-state index in [1.54, 1.807) is 6.20 Å². The van der Waals surface area contributed by atoms with E-state index in [0.29, 0.717) is 49.7 Å². The predicted molar refractivity (Wildman–Crippen MR) is 111 cm³/mol. The van der Waals surface area contributed by atoms with Crippen molar-refractivity contribution in [3.8, 4) is 11.9 Å². The summed E-state index contributed by atoms with van der Waals surface area (Å²) < 4.78 is 38.4. The van der Waals surface area contributed by atoms with Gasteiger partial charge in [-0.15, -0.1) is 0 Å². The molecule has 3 atom stereocenters. The van der Waals surface area contributed by atoms with Crippen molar-refractivity contribution >= 4 is 0 Å². The Bertz CT molecular complexity index is 909. The van der Waals surface area contributed by atoms with Crippen molar-refractivity contribution in [1.29, 1.82) is 0 Å². The number of ether oxygens (including phenoxy) is 2. The van der Waals surface area contributed by atoms with E-state index in [0.717, 1.165) is 25.5 Å². The highest BCUT2D eigenvalue weighted by molar-refractivity contribution is 5.33. The van der Waals surface area contributed by atoms with Crippen LogP contribution in [0.1, 0.15) is 44.2 Å². The molecule has 1 saturated carbocycles. The lowest BCUT2D eigenvalue weighted by atomic mass is 9.68. The molecule has 2 aromatic rings.